The Morgan fingerprint density at radius 3 is 1.02 bits per heavy atom. The first-order valence-electron chi connectivity index (χ1n) is 16.2. The largest absolute Gasteiger partial charge is 3.00 e. The van der Waals surface area contributed by atoms with Crippen molar-refractivity contribution in [2.75, 3.05) is 0 Å². The van der Waals surface area contributed by atoms with Gasteiger partial charge in [-0.2, -0.15) is 0 Å². The molecule has 0 unspecified atom stereocenters. The minimum atomic E-state index is 0. The Balaban J connectivity index is 0. The summed E-state index contributed by atoms with van der Waals surface area (Å²) in [5.41, 5.74) is 13.4. The van der Waals surface area contributed by atoms with Gasteiger partial charge in [-0.05, 0) is 112 Å². The maximum Gasteiger partial charge on any atom is 3.00 e. The van der Waals surface area contributed by atoms with Gasteiger partial charge in [0.1, 0.15) is 0 Å². The van der Waals surface area contributed by atoms with E-state index in [1.54, 1.807) is 0 Å². The van der Waals surface area contributed by atoms with Crippen molar-refractivity contribution in [2.45, 2.75) is 126 Å². The van der Waals surface area contributed by atoms with Crippen LogP contribution in [0.5, 0.6) is 0 Å². The Bertz CT molecular complexity index is 1180. The quantitative estimate of drug-likeness (QED) is 0.165. The molecule has 0 atom stereocenters. The van der Waals surface area contributed by atoms with Crippen LogP contribution in [0, 0.1) is 20.8 Å². The molecule has 7 heteroatoms. The first-order valence-corrected chi connectivity index (χ1v) is 16.2. The summed E-state index contributed by atoms with van der Waals surface area (Å²) >= 11 is 0. The molecule has 0 saturated heterocycles. The number of hydrogen-bond acceptors (Lipinski definition) is 3. The number of nitrogens with zero attached hydrogens (tertiary/aromatic N) is 3. The second-order valence-electron chi connectivity index (χ2n) is 11.8. The zero-order valence-corrected chi connectivity index (χ0v) is 31.8. The van der Waals surface area contributed by atoms with Gasteiger partial charge in [-0.1, -0.05) is 88.8 Å². The fourth-order valence-electron chi connectivity index (χ4n) is 5.55. The Morgan fingerprint density at radius 1 is 0.489 bits per heavy atom. The first-order chi connectivity index (χ1) is 19.9. The van der Waals surface area contributed by atoms with E-state index in [1.165, 1.54) is 90.3 Å². The van der Waals surface area contributed by atoms with Crippen LogP contribution < -0.4 is 37.2 Å². The molecule has 249 valence electrons. The maximum atomic E-state index is 5.10. The normalized spacial score (nSPS) is 10.7. The molecule has 0 amide bonds. The van der Waals surface area contributed by atoms with E-state index in [0.717, 1.165) is 48.4 Å². The molecule has 1 aromatic heterocycles. The van der Waals surface area contributed by atoms with E-state index in [-0.39, 0.29) is 54.3 Å². The fraction of sp³-hybridized carbons (Fsp3) is 0.500. The van der Waals surface area contributed by atoms with Gasteiger partial charge in [0.2, 0.25) is 0 Å². The number of aliphatic imine (C=N–C) groups is 2. The van der Waals surface area contributed by atoms with Gasteiger partial charge in [0, 0.05) is 0 Å². The van der Waals surface area contributed by atoms with Crippen molar-refractivity contribution in [1.29, 1.82) is 0 Å². The van der Waals surface area contributed by atoms with Gasteiger partial charge in [0.15, 0.2) is 0 Å². The van der Waals surface area contributed by atoms with E-state index in [9.17, 15) is 0 Å². The van der Waals surface area contributed by atoms with Crippen LogP contribution in [-0.4, -0.2) is 17.4 Å². The molecule has 3 rings (SSSR count). The van der Waals surface area contributed by atoms with Crippen molar-refractivity contribution in [3.05, 3.63) is 86.7 Å². The van der Waals surface area contributed by atoms with E-state index < -0.39 is 0 Å². The van der Waals surface area contributed by atoms with E-state index in [4.69, 9.17) is 15.0 Å². The van der Waals surface area contributed by atoms with Crippen LogP contribution in [0.4, 0.5) is 11.4 Å². The summed E-state index contributed by atoms with van der Waals surface area (Å²) in [6, 6.07) is 13.6. The predicted molar refractivity (Wildman–Crippen MR) is 180 cm³/mol. The van der Waals surface area contributed by atoms with Gasteiger partial charge >= 0.3 is 17.1 Å². The molecule has 0 bridgehead atoms. The number of pyridine rings is 1. The van der Waals surface area contributed by atoms with Crippen LogP contribution in [0.3, 0.4) is 0 Å². The molecular formula is C38H53Cl3FeN3. The summed E-state index contributed by atoms with van der Waals surface area (Å²) < 4.78 is 0. The van der Waals surface area contributed by atoms with Crippen LogP contribution in [0.25, 0.3) is 0 Å². The number of hydrogen-bond donors (Lipinski definition) is 0. The number of unbranched alkanes of at least 4 members (excludes halogenated alkanes) is 4. The Hall–Kier alpha value is -1.68. The summed E-state index contributed by atoms with van der Waals surface area (Å²) in [4.78, 5) is 15.2. The molecule has 3 aromatic rings. The molecule has 0 aliphatic heterocycles. The summed E-state index contributed by atoms with van der Waals surface area (Å²) in [6.07, 6.45) is 17.7. The summed E-state index contributed by atoms with van der Waals surface area (Å²) in [7, 11) is 0. The Kier molecular flexibility index (Phi) is 24.7. The van der Waals surface area contributed by atoms with Crippen LogP contribution in [0.15, 0.2) is 46.4 Å². The van der Waals surface area contributed by atoms with Crippen molar-refractivity contribution in [1.82, 2.24) is 4.98 Å². The molecule has 3 nitrogen and oxygen atoms in total. The van der Waals surface area contributed by atoms with Crippen molar-refractivity contribution < 1.29 is 54.3 Å². The van der Waals surface area contributed by atoms with Crippen LogP contribution in [0.1, 0.15) is 129 Å². The summed E-state index contributed by atoms with van der Waals surface area (Å²) in [6.45, 7) is 15.6. The van der Waals surface area contributed by atoms with Crippen molar-refractivity contribution in [3.8, 4) is 0 Å². The Morgan fingerprint density at radius 2 is 0.756 bits per heavy atom. The van der Waals surface area contributed by atoms with Crippen LogP contribution in [-0.2, 0) is 42.8 Å². The molecular weight excluding hydrogens is 661 g/mol. The van der Waals surface area contributed by atoms with Gasteiger partial charge < -0.3 is 37.2 Å². The third-order valence-electron chi connectivity index (χ3n) is 7.68. The predicted octanol–water partition coefficient (Wildman–Crippen LogP) is 1.89. The molecule has 1 heterocycles. The van der Waals surface area contributed by atoms with E-state index in [1.807, 2.05) is 12.4 Å². The monoisotopic (exact) mass is 712 g/mol. The number of rotatable bonds is 16. The topological polar surface area (TPSA) is 37.6 Å². The fourth-order valence-corrected chi connectivity index (χ4v) is 5.55. The molecule has 0 fully saturated rings. The van der Waals surface area contributed by atoms with Crippen molar-refractivity contribution in [3.63, 3.8) is 0 Å². The molecule has 0 aliphatic carbocycles. The molecule has 1 radical (unpaired) electrons. The van der Waals surface area contributed by atoms with E-state index in [2.05, 4.69) is 84.9 Å². The van der Waals surface area contributed by atoms with Gasteiger partial charge in [-0.15, -0.1) is 0 Å². The molecule has 2 aromatic carbocycles. The maximum absolute atomic E-state index is 5.10. The number of halogens is 3. The number of aromatic nitrogens is 1. The second-order valence-corrected chi connectivity index (χ2v) is 11.8. The summed E-state index contributed by atoms with van der Waals surface area (Å²) in [5, 5.41) is 0. The van der Waals surface area contributed by atoms with Crippen LogP contribution in [0.2, 0.25) is 0 Å². The van der Waals surface area contributed by atoms with Crippen molar-refractivity contribution >= 4 is 23.8 Å². The smallest absolute Gasteiger partial charge is 1.00 e. The second kappa shape index (κ2) is 24.5. The Labute approximate surface area is 303 Å². The number of benzene rings is 2. The van der Waals surface area contributed by atoms with Crippen molar-refractivity contribution in [2.24, 2.45) is 9.98 Å². The van der Waals surface area contributed by atoms with E-state index in [0.29, 0.717) is 0 Å². The van der Waals surface area contributed by atoms with Gasteiger partial charge in [0.05, 0.1) is 35.2 Å². The van der Waals surface area contributed by atoms with Gasteiger partial charge in [0.25, 0.3) is 0 Å². The van der Waals surface area contributed by atoms with Gasteiger partial charge in [-0.25, -0.2) is 4.98 Å². The molecule has 45 heavy (non-hydrogen) atoms. The van der Waals surface area contributed by atoms with Gasteiger partial charge in [-0.3, -0.25) is 9.98 Å². The first kappa shape index (κ1) is 45.4. The minimum Gasteiger partial charge on any atom is -1.00 e. The molecule has 0 N–H and O–H groups in total. The SMILES string of the molecule is CCCCc1cc(C)cc(CCCC)c1N=Cc1cc(C)cc(C=Nc2c(CCCC)cc(C)cc2CCCC)n1.[Cl-].[Cl-].[Cl-].[Fe+3]. The molecule has 0 aliphatic rings. The third kappa shape index (κ3) is 14.7. The zero-order chi connectivity index (χ0) is 29.6. The zero-order valence-electron chi connectivity index (χ0n) is 28.4. The third-order valence-corrected chi connectivity index (χ3v) is 7.68. The average molecular weight is 714 g/mol. The average Bonchev–Trinajstić information content (AvgIpc) is 2.95. The standard InChI is InChI=1S/C38H53N3.3ClH.Fe/c1-8-12-16-31-20-28(5)21-32(17-13-9-2)37(31)39-26-35-24-30(7)25-36(41-35)27-40-38-33(18-14-10-3)22-29(6)23-34(38)19-15-11-4;;;;/h20-27H,8-19H2,1-7H3;3*1H;/q;;;;+3/p-3. The molecule has 0 spiro atoms. The van der Waals surface area contributed by atoms with Crippen LogP contribution >= 0.6 is 0 Å². The number of aryl methyl sites for hydroxylation is 7. The molecule has 0 saturated carbocycles. The van der Waals surface area contributed by atoms with E-state index >= 15 is 0 Å². The minimum absolute atomic E-state index is 0. The summed E-state index contributed by atoms with van der Waals surface area (Å²) in [5.74, 6) is 0.